The summed E-state index contributed by atoms with van der Waals surface area (Å²) in [5, 5.41) is 14.7. The molecule has 0 radical (unpaired) electrons. The number of fused-ring (bicyclic) bond motifs is 3. The molecule has 2 aromatic heterocycles. The average Bonchev–Trinajstić information content (AvgIpc) is 3.25. The van der Waals surface area contributed by atoms with Crippen LogP contribution in [0.4, 0.5) is 9.18 Å². The van der Waals surface area contributed by atoms with E-state index in [-0.39, 0.29) is 18.3 Å². The number of nitrogens with zero attached hydrogens (tertiary/aromatic N) is 3. The van der Waals surface area contributed by atoms with Crippen LogP contribution in [0.15, 0.2) is 18.3 Å². The van der Waals surface area contributed by atoms with E-state index in [1.807, 2.05) is 20.8 Å². The summed E-state index contributed by atoms with van der Waals surface area (Å²) in [6, 6.07) is 2.36. The lowest BCUT2D eigenvalue weighted by Gasteiger charge is -2.40. The molecule has 0 spiro atoms. The highest BCUT2D eigenvalue weighted by Crippen LogP contribution is 2.38. The van der Waals surface area contributed by atoms with Gasteiger partial charge in [0.1, 0.15) is 22.6 Å². The minimum atomic E-state index is -0.759. The average molecular weight is 431 g/mol. The van der Waals surface area contributed by atoms with Gasteiger partial charge in [-0.25, -0.2) is 13.7 Å². The normalized spacial score (nSPS) is 16.7. The third-order valence-electron chi connectivity index (χ3n) is 5.82. The number of aliphatic hydroxyl groups excluding tert-OH is 1. The van der Waals surface area contributed by atoms with Crippen molar-refractivity contribution in [2.45, 2.75) is 44.6 Å². The minimum absolute atomic E-state index is 0.0219. The van der Waals surface area contributed by atoms with E-state index in [1.54, 1.807) is 11.1 Å². The number of benzene rings is 1. The van der Waals surface area contributed by atoms with Crippen LogP contribution < -0.4 is 5.73 Å². The number of aromatic nitrogens is 3. The number of halogens is 1. The summed E-state index contributed by atoms with van der Waals surface area (Å²) in [5.41, 5.74) is 6.30. The van der Waals surface area contributed by atoms with Gasteiger partial charge in [0.2, 0.25) is 0 Å². The monoisotopic (exact) mass is 431 g/mol. The highest BCUT2D eigenvalue weighted by Gasteiger charge is 2.40. The first-order chi connectivity index (χ1) is 14.5. The summed E-state index contributed by atoms with van der Waals surface area (Å²) in [4.78, 5) is 29.0. The van der Waals surface area contributed by atoms with Crippen molar-refractivity contribution in [1.29, 1.82) is 0 Å². The first-order valence-corrected chi connectivity index (χ1v) is 10.1. The molecule has 1 aliphatic heterocycles. The second-order valence-corrected chi connectivity index (χ2v) is 9.06. The second-order valence-electron chi connectivity index (χ2n) is 9.06. The molecule has 1 aliphatic rings. The van der Waals surface area contributed by atoms with Gasteiger partial charge in [0.25, 0.3) is 5.91 Å². The highest BCUT2D eigenvalue weighted by molar-refractivity contribution is 6.05. The molecular formula is C21H26FN5O4. The molecule has 1 saturated heterocycles. The zero-order chi connectivity index (χ0) is 22.6. The van der Waals surface area contributed by atoms with Crippen molar-refractivity contribution >= 4 is 28.7 Å². The zero-order valence-electron chi connectivity index (χ0n) is 17.7. The number of hydrogen-bond donors (Lipinski definition) is 3. The van der Waals surface area contributed by atoms with Gasteiger partial charge in [0, 0.05) is 24.1 Å². The Hall–Kier alpha value is -3.14. The van der Waals surface area contributed by atoms with Gasteiger partial charge in [-0.05, 0) is 45.7 Å². The van der Waals surface area contributed by atoms with Gasteiger partial charge < -0.3 is 25.5 Å². The molecule has 4 N–H and O–H groups in total. The van der Waals surface area contributed by atoms with Crippen molar-refractivity contribution in [3.8, 4) is 0 Å². The molecule has 3 aromatic rings. The van der Waals surface area contributed by atoms with Crippen LogP contribution in [0.5, 0.6) is 0 Å². The molecule has 2 amide bonds. The number of aromatic amines is 1. The number of nitrogens with one attached hydrogen (secondary N) is 1. The van der Waals surface area contributed by atoms with E-state index in [9.17, 15) is 19.1 Å². The summed E-state index contributed by atoms with van der Waals surface area (Å²) >= 11 is 0. The molecule has 0 atom stereocenters. The number of hydrogen-bond acceptors (Lipinski definition) is 5. The summed E-state index contributed by atoms with van der Waals surface area (Å²) in [6.07, 6.45) is 2.25. The standard InChI is InChI=1S/C21H26FN5O4/c1-20(2,3)31-19(30)26-6-4-21(11-28,5-7-26)14-10-24-27-16-13(17(23)29)8-12(22)9-15(16)25-18(14)27/h8-10,25,28H,4-7,11H2,1-3H3,(H2,23,29). The quantitative estimate of drug-likeness (QED) is 0.587. The van der Waals surface area contributed by atoms with Gasteiger partial charge in [-0.3, -0.25) is 4.79 Å². The molecule has 1 fully saturated rings. The molecule has 0 aliphatic carbocycles. The Bertz CT molecular complexity index is 1170. The number of ether oxygens (including phenoxy) is 1. The van der Waals surface area contributed by atoms with Crippen LogP contribution in [0, 0.1) is 5.82 Å². The van der Waals surface area contributed by atoms with Gasteiger partial charge in [0.15, 0.2) is 0 Å². The third kappa shape index (κ3) is 3.60. The maximum Gasteiger partial charge on any atom is 0.410 e. The fourth-order valence-corrected chi connectivity index (χ4v) is 4.22. The predicted octanol–water partition coefficient (Wildman–Crippen LogP) is 2.31. The van der Waals surface area contributed by atoms with Crippen molar-refractivity contribution in [2.75, 3.05) is 19.7 Å². The van der Waals surface area contributed by atoms with E-state index in [4.69, 9.17) is 10.5 Å². The number of imidazole rings is 1. The molecular weight excluding hydrogens is 405 g/mol. The smallest absolute Gasteiger partial charge is 0.410 e. The fourth-order valence-electron chi connectivity index (χ4n) is 4.22. The maximum absolute atomic E-state index is 14.0. The number of aliphatic hydroxyl groups is 1. The van der Waals surface area contributed by atoms with Crippen LogP contribution in [0.25, 0.3) is 16.7 Å². The van der Waals surface area contributed by atoms with E-state index in [0.29, 0.717) is 42.6 Å². The number of carbonyl (C=O) groups excluding carboxylic acids is 2. The largest absolute Gasteiger partial charge is 0.444 e. The summed E-state index contributed by atoms with van der Waals surface area (Å²) < 4.78 is 20.9. The summed E-state index contributed by atoms with van der Waals surface area (Å²) in [6.45, 7) is 6.12. The number of H-pyrrole nitrogens is 1. The lowest BCUT2D eigenvalue weighted by Crippen LogP contribution is -2.48. The molecule has 0 bridgehead atoms. The Morgan fingerprint density at radius 2 is 2.00 bits per heavy atom. The molecule has 10 heteroatoms. The first-order valence-electron chi connectivity index (χ1n) is 10.1. The van der Waals surface area contributed by atoms with Gasteiger partial charge in [-0.2, -0.15) is 5.10 Å². The molecule has 166 valence electrons. The number of piperidine rings is 1. The van der Waals surface area contributed by atoms with Crippen molar-refractivity contribution in [2.24, 2.45) is 5.73 Å². The Labute approximate surface area is 177 Å². The topological polar surface area (TPSA) is 126 Å². The van der Waals surface area contributed by atoms with Crippen LogP contribution in [0.1, 0.15) is 49.5 Å². The minimum Gasteiger partial charge on any atom is -0.444 e. The lowest BCUT2D eigenvalue weighted by molar-refractivity contribution is 0.0124. The fraction of sp³-hybridized carbons (Fsp3) is 0.476. The van der Waals surface area contributed by atoms with Gasteiger partial charge in [-0.15, -0.1) is 0 Å². The van der Waals surface area contributed by atoms with Crippen molar-refractivity contribution in [1.82, 2.24) is 19.5 Å². The van der Waals surface area contributed by atoms with E-state index in [2.05, 4.69) is 10.1 Å². The second kappa shape index (κ2) is 7.23. The SMILES string of the molecule is CC(C)(C)OC(=O)N1CCC(CO)(c2cnn3c2[nH]c2cc(F)cc(C(N)=O)c23)CC1. The van der Waals surface area contributed by atoms with Crippen LogP contribution in [-0.4, -0.2) is 61.9 Å². The molecule has 4 rings (SSSR count). The first kappa shape index (κ1) is 21.1. The van der Waals surface area contributed by atoms with E-state index in [0.717, 1.165) is 11.6 Å². The van der Waals surface area contributed by atoms with Crippen molar-refractivity contribution < 1.29 is 23.8 Å². The van der Waals surface area contributed by atoms with Crippen molar-refractivity contribution in [3.05, 3.63) is 35.3 Å². The molecule has 31 heavy (non-hydrogen) atoms. The number of primary amides is 1. The van der Waals surface area contributed by atoms with Crippen LogP contribution >= 0.6 is 0 Å². The van der Waals surface area contributed by atoms with Crippen LogP contribution in [-0.2, 0) is 10.2 Å². The molecule has 3 heterocycles. The Morgan fingerprint density at radius 3 is 2.58 bits per heavy atom. The van der Waals surface area contributed by atoms with Crippen LogP contribution in [0.3, 0.4) is 0 Å². The van der Waals surface area contributed by atoms with Gasteiger partial charge >= 0.3 is 6.09 Å². The lowest BCUT2D eigenvalue weighted by atomic mass is 9.74. The van der Waals surface area contributed by atoms with Crippen LogP contribution in [0.2, 0.25) is 0 Å². The predicted molar refractivity (Wildman–Crippen MR) is 111 cm³/mol. The van der Waals surface area contributed by atoms with E-state index >= 15 is 0 Å². The van der Waals surface area contributed by atoms with Gasteiger partial charge in [-0.1, -0.05) is 0 Å². The molecule has 9 nitrogen and oxygen atoms in total. The molecule has 0 saturated carbocycles. The maximum atomic E-state index is 14.0. The number of amides is 2. The Morgan fingerprint density at radius 1 is 1.32 bits per heavy atom. The van der Waals surface area contributed by atoms with Gasteiger partial charge in [0.05, 0.1) is 23.9 Å². The number of likely N-dealkylation sites (tertiary alicyclic amines) is 1. The van der Waals surface area contributed by atoms with E-state index in [1.165, 1.54) is 10.6 Å². The molecule has 0 unspecified atom stereocenters. The number of carbonyl (C=O) groups is 2. The third-order valence-corrected chi connectivity index (χ3v) is 5.82. The summed E-state index contributed by atoms with van der Waals surface area (Å²) in [7, 11) is 0. The van der Waals surface area contributed by atoms with E-state index < -0.39 is 22.7 Å². The Balaban J connectivity index is 1.70. The molecule has 1 aromatic carbocycles. The highest BCUT2D eigenvalue weighted by atomic mass is 19.1. The Kier molecular flexibility index (Phi) is 4.92. The number of nitrogens with two attached hydrogens (primary N) is 1. The number of rotatable bonds is 3. The summed E-state index contributed by atoms with van der Waals surface area (Å²) in [5.74, 6) is -1.35. The van der Waals surface area contributed by atoms with Crippen molar-refractivity contribution in [3.63, 3.8) is 0 Å². The zero-order valence-corrected chi connectivity index (χ0v) is 17.7.